The predicted octanol–water partition coefficient (Wildman–Crippen LogP) is 13.7. The predicted molar refractivity (Wildman–Crippen MR) is 280 cm³/mol. The lowest BCUT2D eigenvalue weighted by atomic mass is 10.00. The van der Waals surface area contributed by atoms with Gasteiger partial charge in [0.2, 0.25) is 0 Å². The number of aliphatic hydroxyl groups is 3. The highest BCUT2D eigenvalue weighted by Crippen LogP contribution is 2.24. The average Bonchev–Trinajstić information content (AvgIpc) is 3.32. The molecule has 1 fully saturated rings. The smallest absolute Gasteiger partial charge is 0.306 e. The Labute approximate surface area is 422 Å². The average molecular weight is 1000 g/mol. The SMILES string of the molecule is CCCCCCCCC/C=C\CCCCCCCCCC(=O)OC(COC(=O)CCCCCCCCCCCCCCCCCCCCCCCCC)COC1OC(CS(=O)(=O)O)C(O)C(O)C1O. The maximum atomic E-state index is 12.9. The van der Waals surface area contributed by atoms with Crippen LogP contribution in [0.5, 0.6) is 0 Å². The molecule has 408 valence electrons. The zero-order valence-corrected chi connectivity index (χ0v) is 45.0. The highest BCUT2D eigenvalue weighted by molar-refractivity contribution is 7.85. The van der Waals surface area contributed by atoms with Crippen molar-refractivity contribution in [2.24, 2.45) is 0 Å². The molecule has 1 heterocycles. The molecule has 0 aromatic carbocycles. The molecule has 0 aromatic rings. The van der Waals surface area contributed by atoms with Gasteiger partial charge in [-0.3, -0.25) is 14.1 Å². The second-order valence-electron chi connectivity index (χ2n) is 20.3. The summed E-state index contributed by atoms with van der Waals surface area (Å²) in [6.45, 7) is 3.82. The molecule has 4 N–H and O–H groups in total. The van der Waals surface area contributed by atoms with E-state index in [0.717, 1.165) is 51.4 Å². The van der Waals surface area contributed by atoms with E-state index in [4.69, 9.17) is 18.9 Å². The summed E-state index contributed by atoms with van der Waals surface area (Å²) in [7, 11) is -4.60. The lowest BCUT2D eigenvalue weighted by molar-refractivity contribution is -0.297. The fourth-order valence-corrected chi connectivity index (χ4v) is 9.84. The van der Waals surface area contributed by atoms with Crippen LogP contribution in [0.4, 0.5) is 0 Å². The summed E-state index contributed by atoms with van der Waals surface area (Å²) < 4.78 is 54.4. The first kappa shape index (κ1) is 65.4. The number of unbranched alkanes of at least 4 members (excludes halogenated alkanes) is 36. The van der Waals surface area contributed by atoms with Crippen LogP contribution in [0.25, 0.3) is 0 Å². The minimum atomic E-state index is -4.60. The summed E-state index contributed by atoms with van der Waals surface area (Å²) in [5.74, 6) is -1.97. The van der Waals surface area contributed by atoms with Gasteiger partial charge < -0.3 is 34.3 Å². The number of carbonyl (C=O) groups is 2. The van der Waals surface area contributed by atoms with E-state index < -0.39 is 71.2 Å². The molecular formula is C56H106O12S. The van der Waals surface area contributed by atoms with Gasteiger partial charge in [0.1, 0.15) is 36.8 Å². The number of aliphatic hydroxyl groups excluding tert-OH is 3. The van der Waals surface area contributed by atoms with E-state index in [1.165, 1.54) is 186 Å². The fraction of sp³-hybridized carbons (Fsp3) is 0.929. The Morgan fingerprint density at radius 3 is 1.20 bits per heavy atom. The number of carbonyl (C=O) groups excluding carboxylic acids is 2. The highest BCUT2D eigenvalue weighted by atomic mass is 32.2. The molecule has 0 bridgehead atoms. The van der Waals surface area contributed by atoms with Crippen LogP contribution in [0.15, 0.2) is 12.2 Å². The standard InChI is InChI=1S/C56H106O12S/c1-3-5-7-9-11-13-15-17-19-21-23-24-25-26-27-29-30-32-34-36-38-40-42-44-51(57)65-46-49(47-66-56-55(61)54(60)53(59)50(68-56)48-69(62,63)64)67-52(58)45-43-41-39-37-35-33-31-28-22-20-18-16-14-12-10-8-6-4-2/h20,22,49-50,53-56,59-61H,3-19,21,23-48H2,1-2H3,(H,62,63,64)/b22-20-. The largest absolute Gasteiger partial charge is 0.462 e. The van der Waals surface area contributed by atoms with Crippen molar-refractivity contribution in [1.29, 1.82) is 0 Å². The molecular weight excluding hydrogens is 897 g/mol. The molecule has 0 saturated carbocycles. The molecule has 69 heavy (non-hydrogen) atoms. The van der Waals surface area contributed by atoms with Gasteiger partial charge >= 0.3 is 11.9 Å². The van der Waals surface area contributed by atoms with E-state index in [9.17, 15) is 37.9 Å². The minimum Gasteiger partial charge on any atom is -0.462 e. The Hall–Kier alpha value is -1.61. The van der Waals surface area contributed by atoms with Crippen molar-refractivity contribution in [3.05, 3.63) is 12.2 Å². The molecule has 1 aliphatic rings. The van der Waals surface area contributed by atoms with Crippen LogP contribution in [0, 0.1) is 0 Å². The zero-order chi connectivity index (χ0) is 50.5. The van der Waals surface area contributed by atoms with Crippen LogP contribution in [0.1, 0.15) is 277 Å². The van der Waals surface area contributed by atoms with E-state index >= 15 is 0 Å². The number of hydrogen-bond acceptors (Lipinski definition) is 11. The lowest BCUT2D eigenvalue weighted by Crippen LogP contribution is -2.60. The van der Waals surface area contributed by atoms with E-state index in [1.54, 1.807) is 0 Å². The molecule has 13 heteroatoms. The van der Waals surface area contributed by atoms with Gasteiger partial charge in [0.25, 0.3) is 10.1 Å². The molecule has 0 amide bonds. The second-order valence-corrected chi connectivity index (χ2v) is 21.8. The van der Waals surface area contributed by atoms with Crippen molar-refractivity contribution in [3.63, 3.8) is 0 Å². The highest BCUT2D eigenvalue weighted by Gasteiger charge is 2.46. The van der Waals surface area contributed by atoms with Crippen molar-refractivity contribution in [2.75, 3.05) is 19.0 Å². The Morgan fingerprint density at radius 1 is 0.478 bits per heavy atom. The van der Waals surface area contributed by atoms with E-state index in [0.29, 0.717) is 12.8 Å². The second kappa shape index (κ2) is 46.2. The fourth-order valence-electron chi connectivity index (χ4n) is 9.15. The summed E-state index contributed by atoms with van der Waals surface area (Å²) in [6.07, 6.45) is 44.0. The molecule has 12 nitrogen and oxygen atoms in total. The van der Waals surface area contributed by atoms with E-state index in [2.05, 4.69) is 26.0 Å². The van der Waals surface area contributed by atoms with Gasteiger partial charge in [-0.05, 0) is 38.5 Å². The third-order valence-corrected chi connectivity index (χ3v) is 14.3. The summed E-state index contributed by atoms with van der Waals surface area (Å²) in [5, 5.41) is 31.0. The van der Waals surface area contributed by atoms with Crippen molar-refractivity contribution >= 4 is 22.1 Å². The van der Waals surface area contributed by atoms with Crippen LogP contribution in [-0.4, -0.2) is 96.0 Å². The van der Waals surface area contributed by atoms with Gasteiger partial charge in [0.05, 0.1) is 6.61 Å². The molecule has 6 unspecified atom stereocenters. The van der Waals surface area contributed by atoms with Crippen molar-refractivity contribution in [1.82, 2.24) is 0 Å². The van der Waals surface area contributed by atoms with Gasteiger partial charge in [0, 0.05) is 12.8 Å². The quantitative estimate of drug-likeness (QED) is 0.0196. The summed E-state index contributed by atoms with van der Waals surface area (Å²) in [6, 6.07) is 0. The number of ether oxygens (including phenoxy) is 4. The maximum Gasteiger partial charge on any atom is 0.306 e. The number of hydrogen-bond donors (Lipinski definition) is 4. The molecule has 0 spiro atoms. The molecule has 1 saturated heterocycles. The number of allylic oxidation sites excluding steroid dienone is 2. The van der Waals surface area contributed by atoms with E-state index in [-0.39, 0.29) is 19.4 Å². The molecule has 0 aromatic heterocycles. The van der Waals surface area contributed by atoms with Gasteiger partial charge in [0.15, 0.2) is 12.4 Å². The third kappa shape index (κ3) is 40.5. The van der Waals surface area contributed by atoms with Gasteiger partial charge in [-0.2, -0.15) is 8.42 Å². The molecule has 1 rings (SSSR count). The van der Waals surface area contributed by atoms with Crippen molar-refractivity contribution in [2.45, 2.75) is 314 Å². The monoisotopic (exact) mass is 1000 g/mol. The first-order chi connectivity index (χ1) is 33.5. The Morgan fingerprint density at radius 2 is 0.826 bits per heavy atom. The topological polar surface area (TPSA) is 186 Å². The van der Waals surface area contributed by atoms with Crippen LogP contribution in [0.3, 0.4) is 0 Å². The Balaban J connectivity index is 2.29. The van der Waals surface area contributed by atoms with E-state index in [1.807, 2.05) is 0 Å². The van der Waals surface area contributed by atoms with Crippen LogP contribution < -0.4 is 0 Å². The Kier molecular flexibility index (Phi) is 43.8. The zero-order valence-electron chi connectivity index (χ0n) is 44.2. The maximum absolute atomic E-state index is 12.9. The van der Waals surface area contributed by atoms with Crippen LogP contribution in [-0.2, 0) is 38.7 Å². The lowest BCUT2D eigenvalue weighted by Gasteiger charge is -2.40. The molecule has 6 atom stereocenters. The summed E-state index contributed by atoms with van der Waals surface area (Å²) >= 11 is 0. The number of esters is 2. The molecule has 1 aliphatic heterocycles. The van der Waals surface area contributed by atoms with Gasteiger partial charge in [-0.1, -0.05) is 238 Å². The number of rotatable bonds is 50. The minimum absolute atomic E-state index is 0.164. The van der Waals surface area contributed by atoms with Crippen molar-refractivity contribution in [3.8, 4) is 0 Å². The van der Waals surface area contributed by atoms with Gasteiger partial charge in [-0.25, -0.2) is 0 Å². The van der Waals surface area contributed by atoms with Crippen molar-refractivity contribution < 1.29 is 56.8 Å². The summed E-state index contributed by atoms with van der Waals surface area (Å²) in [5.41, 5.74) is 0. The summed E-state index contributed by atoms with van der Waals surface area (Å²) in [4.78, 5) is 25.6. The van der Waals surface area contributed by atoms with Crippen LogP contribution >= 0.6 is 0 Å². The Bertz CT molecular complexity index is 1310. The first-order valence-electron chi connectivity index (χ1n) is 28.7. The normalized spacial score (nSPS) is 19.1. The van der Waals surface area contributed by atoms with Crippen LogP contribution in [0.2, 0.25) is 0 Å². The van der Waals surface area contributed by atoms with Gasteiger partial charge in [-0.15, -0.1) is 0 Å². The molecule has 0 aliphatic carbocycles. The molecule has 0 radical (unpaired) electrons. The first-order valence-corrected chi connectivity index (χ1v) is 30.4. The third-order valence-electron chi connectivity index (χ3n) is 13.6.